The topological polar surface area (TPSA) is 60.0 Å². The quantitative estimate of drug-likeness (QED) is 0.911. The number of piperidine rings is 1. The molecule has 1 saturated carbocycles. The SMILES string of the molecule is NCc1cn(CCN2CCC3(CCCCC3)CC2)nn1. The summed E-state index contributed by atoms with van der Waals surface area (Å²) in [6.45, 7) is 5.02. The van der Waals surface area contributed by atoms with E-state index in [1.807, 2.05) is 10.9 Å². The van der Waals surface area contributed by atoms with Gasteiger partial charge in [-0.25, -0.2) is 0 Å². The Morgan fingerprint density at radius 2 is 1.80 bits per heavy atom. The van der Waals surface area contributed by atoms with Crippen LogP contribution < -0.4 is 5.73 Å². The van der Waals surface area contributed by atoms with Gasteiger partial charge in [0.25, 0.3) is 0 Å². The fourth-order valence-electron chi connectivity index (χ4n) is 3.84. The molecule has 1 aliphatic carbocycles. The lowest BCUT2D eigenvalue weighted by molar-refractivity contribution is 0.0656. The molecule has 0 bridgehead atoms. The van der Waals surface area contributed by atoms with E-state index in [0.717, 1.165) is 18.8 Å². The van der Waals surface area contributed by atoms with Crippen LogP contribution in [0.2, 0.25) is 0 Å². The molecule has 0 atom stereocenters. The fraction of sp³-hybridized carbons (Fsp3) is 0.867. The molecule has 1 spiro atoms. The summed E-state index contributed by atoms with van der Waals surface area (Å²) in [4.78, 5) is 2.59. The molecular weight excluding hydrogens is 250 g/mol. The van der Waals surface area contributed by atoms with E-state index in [0.29, 0.717) is 12.0 Å². The summed E-state index contributed by atoms with van der Waals surface area (Å²) in [5.74, 6) is 0. The third kappa shape index (κ3) is 3.20. The first kappa shape index (κ1) is 14.0. The van der Waals surface area contributed by atoms with Gasteiger partial charge in [-0.2, -0.15) is 0 Å². The number of nitrogens with two attached hydrogens (primary N) is 1. The number of hydrogen-bond donors (Lipinski definition) is 1. The Hall–Kier alpha value is -0.940. The summed E-state index contributed by atoms with van der Waals surface area (Å²) in [6, 6.07) is 0. The lowest BCUT2D eigenvalue weighted by Gasteiger charge is -2.44. The maximum atomic E-state index is 5.55. The molecule has 2 N–H and O–H groups in total. The first-order valence-corrected chi connectivity index (χ1v) is 8.11. The van der Waals surface area contributed by atoms with Crippen molar-refractivity contribution in [3.8, 4) is 0 Å². The molecule has 5 nitrogen and oxygen atoms in total. The molecule has 20 heavy (non-hydrogen) atoms. The highest BCUT2D eigenvalue weighted by Crippen LogP contribution is 2.44. The zero-order chi connectivity index (χ0) is 13.8. The number of aromatic nitrogens is 3. The van der Waals surface area contributed by atoms with Gasteiger partial charge in [-0.15, -0.1) is 5.10 Å². The standard InChI is InChI=1S/C15H27N5/c16-12-14-13-20(18-17-14)11-10-19-8-6-15(7-9-19)4-2-1-3-5-15/h13H,1-12,16H2. The predicted octanol–water partition coefficient (Wildman–Crippen LogP) is 1.78. The van der Waals surface area contributed by atoms with Crippen LogP contribution in [0.3, 0.4) is 0 Å². The van der Waals surface area contributed by atoms with Gasteiger partial charge in [-0.1, -0.05) is 24.5 Å². The van der Waals surface area contributed by atoms with Gasteiger partial charge < -0.3 is 10.6 Å². The normalized spacial score (nSPS) is 23.2. The Labute approximate surface area is 121 Å². The van der Waals surface area contributed by atoms with Crippen LogP contribution in [0.1, 0.15) is 50.6 Å². The van der Waals surface area contributed by atoms with E-state index >= 15 is 0 Å². The van der Waals surface area contributed by atoms with Gasteiger partial charge in [0.2, 0.25) is 0 Å². The van der Waals surface area contributed by atoms with Gasteiger partial charge in [0.05, 0.1) is 12.2 Å². The van der Waals surface area contributed by atoms with Crippen LogP contribution >= 0.6 is 0 Å². The van der Waals surface area contributed by atoms with Crippen molar-refractivity contribution in [2.75, 3.05) is 19.6 Å². The predicted molar refractivity (Wildman–Crippen MR) is 79.1 cm³/mol. The third-order valence-corrected chi connectivity index (χ3v) is 5.27. The Morgan fingerprint density at radius 1 is 1.05 bits per heavy atom. The fourth-order valence-corrected chi connectivity index (χ4v) is 3.84. The van der Waals surface area contributed by atoms with Crippen LogP contribution in [0.15, 0.2) is 6.20 Å². The van der Waals surface area contributed by atoms with Crippen molar-refractivity contribution in [1.82, 2.24) is 19.9 Å². The van der Waals surface area contributed by atoms with Gasteiger partial charge in [0, 0.05) is 19.3 Å². The molecule has 1 aliphatic heterocycles. The van der Waals surface area contributed by atoms with Crippen LogP contribution in [0, 0.1) is 5.41 Å². The lowest BCUT2D eigenvalue weighted by Crippen LogP contribution is -2.42. The molecule has 1 saturated heterocycles. The maximum Gasteiger partial charge on any atom is 0.0962 e. The summed E-state index contributed by atoms with van der Waals surface area (Å²) in [7, 11) is 0. The van der Waals surface area contributed by atoms with Gasteiger partial charge in [0.1, 0.15) is 0 Å². The highest BCUT2D eigenvalue weighted by Gasteiger charge is 2.35. The zero-order valence-electron chi connectivity index (χ0n) is 12.4. The van der Waals surface area contributed by atoms with Crippen molar-refractivity contribution in [2.45, 2.75) is 58.0 Å². The minimum atomic E-state index is 0.478. The number of hydrogen-bond acceptors (Lipinski definition) is 4. The molecule has 1 aromatic heterocycles. The van der Waals surface area contributed by atoms with Gasteiger partial charge >= 0.3 is 0 Å². The highest BCUT2D eigenvalue weighted by molar-refractivity contribution is 4.91. The summed E-state index contributed by atoms with van der Waals surface area (Å²) < 4.78 is 1.92. The van der Waals surface area contributed by atoms with Crippen LogP contribution in [0.25, 0.3) is 0 Å². The van der Waals surface area contributed by atoms with E-state index in [1.165, 1.54) is 58.0 Å². The van der Waals surface area contributed by atoms with E-state index in [4.69, 9.17) is 5.73 Å². The zero-order valence-corrected chi connectivity index (χ0v) is 12.4. The molecule has 5 heteroatoms. The summed E-state index contributed by atoms with van der Waals surface area (Å²) in [5.41, 5.74) is 7.14. The Balaban J connectivity index is 1.44. The number of rotatable bonds is 4. The Kier molecular flexibility index (Phi) is 4.36. The molecule has 112 valence electrons. The lowest BCUT2D eigenvalue weighted by atomic mass is 9.68. The van der Waals surface area contributed by atoms with Crippen molar-refractivity contribution >= 4 is 0 Å². The third-order valence-electron chi connectivity index (χ3n) is 5.27. The largest absolute Gasteiger partial charge is 0.325 e. The molecule has 1 aromatic rings. The van der Waals surface area contributed by atoms with Crippen molar-refractivity contribution in [1.29, 1.82) is 0 Å². The molecule has 2 heterocycles. The average molecular weight is 277 g/mol. The summed E-state index contributed by atoms with van der Waals surface area (Å²) >= 11 is 0. The summed E-state index contributed by atoms with van der Waals surface area (Å²) in [5, 5.41) is 8.15. The van der Waals surface area contributed by atoms with E-state index in [-0.39, 0.29) is 0 Å². The van der Waals surface area contributed by atoms with Crippen LogP contribution in [0.4, 0.5) is 0 Å². The average Bonchev–Trinajstić information content (AvgIpc) is 2.96. The minimum absolute atomic E-state index is 0.478. The number of nitrogens with zero attached hydrogens (tertiary/aromatic N) is 4. The molecule has 0 radical (unpaired) electrons. The van der Waals surface area contributed by atoms with E-state index in [9.17, 15) is 0 Å². The van der Waals surface area contributed by atoms with E-state index in [2.05, 4.69) is 15.2 Å². The smallest absolute Gasteiger partial charge is 0.0962 e. The van der Waals surface area contributed by atoms with Crippen molar-refractivity contribution in [3.63, 3.8) is 0 Å². The van der Waals surface area contributed by atoms with Crippen LogP contribution in [-0.2, 0) is 13.1 Å². The molecular formula is C15H27N5. The second-order valence-electron chi connectivity index (χ2n) is 6.58. The van der Waals surface area contributed by atoms with Gasteiger partial charge in [-0.3, -0.25) is 4.68 Å². The summed E-state index contributed by atoms with van der Waals surface area (Å²) in [6.07, 6.45) is 12.1. The number of likely N-dealkylation sites (tertiary alicyclic amines) is 1. The highest BCUT2D eigenvalue weighted by atomic mass is 15.4. The second-order valence-corrected chi connectivity index (χ2v) is 6.58. The second kappa shape index (κ2) is 6.22. The van der Waals surface area contributed by atoms with E-state index in [1.54, 1.807) is 0 Å². The Morgan fingerprint density at radius 3 is 2.45 bits per heavy atom. The molecule has 0 unspecified atom stereocenters. The van der Waals surface area contributed by atoms with Gasteiger partial charge in [-0.05, 0) is 44.2 Å². The maximum absolute atomic E-state index is 5.55. The molecule has 0 aromatic carbocycles. The van der Waals surface area contributed by atoms with Crippen LogP contribution in [-0.4, -0.2) is 39.5 Å². The molecule has 2 aliphatic rings. The molecule has 0 amide bonds. The first-order chi connectivity index (χ1) is 9.80. The van der Waals surface area contributed by atoms with Crippen LogP contribution in [0.5, 0.6) is 0 Å². The first-order valence-electron chi connectivity index (χ1n) is 8.11. The minimum Gasteiger partial charge on any atom is -0.325 e. The van der Waals surface area contributed by atoms with Crippen molar-refractivity contribution in [3.05, 3.63) is 11.9 Å². The molecule has 2 fully saturated rings. The van der Waals surface area contributed by atoms with Crippen molar-refractivity contribution < 1.29 is 0 Å². The van der Waals surface area contributed by atoms with E-state index < -0.39 is 0 Å². The van der Waals surface area contributed by atoms with Gasteiger partial charge in [0.15, 0.2) is 0 Å². The molecule has 3 rings (SSSR count). The monoisotopic (exact) mass is 277 g/mol. The van der Waals surface area contributed by atoms with Crippen molar-refractivity contribution in [2.24, 2.45) is 11.1 Å². The Bertz CT molecular complexity index is 412.